The van der Waals surface area contributed by atoms with Crippen LogP contribution in [-0.2, 0) is 61.6 Å². The fourth-order valence-corrected chi connectivity index (χ4v) is 17.7. The Balaban J connectivity index is 0.879. The first-order chi connectivity index (χ1) is 41.5. The van der Waals surface area contributed by atoms with Gasteiger partial charge in [-0.2, -0.15) is 0 Å². The van der Waals surface area contributed by atoms with E-state index in [0.29, 0.717) is 18.8 Å². The van der Waals surface area contributed by atoms with E-state index in [1.54, 1.807) is 0 Å². The Hall–Kier alpha value is -1.83. The van der Waals surface area contributed by atoms with Gasteiger partial charge >= 0.3 is 5.97 Å². The molecule has 3 saturated carbocycles. The number of esters is 1. The molecule has 6 aliphatic heterocycles. The van der Waals surface area contributed by atoms with Gasteiger partial charge in [-0.1, -0.05) is 59.6 Å². The molecule has 15 N–H and O–H groups in total. The summed E-state index contributed by atoms with van der Waals surface area (Å²) in [5.41, 5.74) is -2.39. The lowest BCUT2D eigenvalue weighted by atomic mass is 9.40. The predicted octanol–water partition coefficient (Wildman–Crippen LogP) is -3.54. The van der Waals surface area contributed by atoms with Crippen LogP contribution >= 0.6 is 0 Å². The van der Waals surface area contributed by atoms with Crippen molar-refractivity contribution < 1.29 is 138 Å². The summed E-state index contributed by atoms with van der Waals surface area (Å²) in [6.45, 7) is 11.1. The van der Waals surface area contributed by atoms with Crippen LogP contribution in [0.15, 0.2) is 11.6 Å². The Morgan fingerprint density at radius 1 is 0.545 bits per heavy atom. The Bertz CT molecular complexity index is 2400. The number of methoxy groups -OCH3 is 1. The van der Waals surface area contributed by atoms with Crippen LogP contribution in [0.2, 0.25) is 0 Å². The minimum atomic E-state index is -2.13. The van der Waals surface area contributed by atoms with E-state index in [1.165, 1.54) is 7.11 Å². The van der Waals surface area contributed by atoms with E-state index < -0.39 is 220 Å². The summed E-state index contributed by atoms with van der Waals surface area (Å²) in [5, 5.41) is 166. The lowest BCUT2D eigenvalue weighted by Crippen LogP contribution is -2.67. The monoisotopic (exact) mass is 1270 g/mol. The molecule has 0 amide bonds. The average molecular weight is 1270 g/mol. The first-order valence-electron chi connectivity index (χ1n) is 31.4. The van der Waals surface area contributed by atoms with E-state index in [-0.39, 0.29) is 23.7 Å². The summed E-state index contributed by atoms with van der Waals surface area (Å²) in [5.74, 6) is -0.0464. The quantitative estimate of drug-likeness (QED) is 0.0338. The summed E-state index contributed by atoms with van der Waals surface area (Å²) in [6.07, 6.45) is -34.9. The highest BCUT2D eigenvalue weighted by Crippen LogP contribution is 2.76. The van der Waals surface area contributed by atoms with Crippen molar-refractivity contribution in [2.24, 2.45) is 45.3 Å². The number of allylic oxidation sites excluding steroid dienone is 1. The molecule has 0 aromatic carbocycles. The van der Waals surface area contributed by atoms with E-state index in [0.717, 1.165) is 50.5 Å². The van der Waals surface area contributed by atoms with E-state index in [4.69, 9.17) is 56.8 Å². The molecule has 0 radical (unpaired) electrons. The SMILES string of the molecule is CO[C@@H]1[C@@H](O)[C@H](O[C@@H]2[C@@H](O)[C@H](O[C@H]3[C@H](O)[C@@H](O)[C@H](O[C@H]4[C@H](O[C@H]5CC[C@]6(C)C7=C[C@H](O)[C@]89C(=O)O[C@@](C)(CCCC(C)C)[C@H]8CC[C@@]9(C)[C@@H]7CC[C@H]6C5(C)C)OC[C@@H](O[C@@H]5O[C@H](CO)[C@@H](O)[C@H](O)[C@H]5O)[C@@H]4O)O[C@@H]3CO)O[C@H](CO)[C@H]2O)O[C@H](CO)[C@H]1O. The van der Waals surface area contributed by atoms with Gasteiger partial charge in [0.2, 0.25) is 0 Å². The van der Waals surface area contributed by atoms with E-state index in [1.807, 2.05) is 13.0 Å². The van der Waals surface area contributed by atoms with E-state index in [2.05, 4.69) is 41.5 Å². The molecule has 506 valence electrons. The van der Waals surface area contributed by atoms with Crippen molar-refractivity contribution >= 4 is 5.97 Å². The normalized spacial score (nSPS) is 52.8. The van der Waals surface area contributed by atoms with Gasteiger partial charge in [-0.15, -0.1) is 0 Å². The van der Waals surface area contributed by atoms with Gasteiger partial charge in [0, 0.05) is 13.0 Å². The lowest BCUT2D eigenvalue weighted by molar-refractivity contribution is -0.396. The van der Waals surface area contributed by atoms with Crippen LogP contribution in [0.25, 0.3) is 0 Å². The van der Waals surface area contributed by atoms with Crippen molar-refractivity contribution in [3.63, 3.8) is 0 Å². The third-order valence-electron chi connectivity index (χ3n) is 22.6. The minimum absolute atomic E-state index is 0.0170. The summed E-state index contributed by atoms with van der Waals surface area (Å²) >= 11 is 0. The molecule has 28 nitrogen and oxygen atoms in total. The summed E-state index contributed by atoms with van der Waals surface area (Å²) in [7, 11) is 1.17. The zero-order valence-electron chi connectivity index (χ0n) is 51.3. The molecule has 0 aromatic heterocycles. The Kier molecular flexibility index (Phi) is 20.7. The average Bonchev–Trinajstić information content (AvgIpc) is 1.30. The third kappa shape index (κ3) is 11.5. The maximum Gasteiger partial charge on any atom is 0.316 e. The molecule has 6 saturated heterocycles. The molecule has 9 fully saturated rings. The van der Waals surface area contributed by atoms with Crippen LogP contribution in [0, 0.1) is 45.3 Å². The topological polar surface area (TPSA) is 431 Å². The number of cyclic esters (lactones) is 1. The highest BCUT2D eigenvalue weighted by atomic mass is 16.8. The second kappa shape index (κ2) is 26.4. The number of hydrogen-bond donors (Lipinski definition) is 15. The number of carbonyl (C=O) groups excluding carboxylic acids is 1. The second-order valence-electron chi connectivity index (χ2n) is 28.2. The summed E-state index contributed by atoms with van der Waals surface area (Å²) in [6, 6.07) is 0. The van der Waals surface area contributed by atoms with Crippen molar-refractivity contribution in [1.82, 2.24) is 0 Å². The van der Waals surface area contributed by atoms with Gasteiger partial charge in [-0.3, -0.25) is 4.79 Å². The number of aliphatic hydroxyl groups excluding tert-OH is 15. The zero-order valence-corrected chi connectivity index (χ0v) is 51.3. The number of hydrogen-bond acceptors (Lipinski definition) is 28. The summed E-state index contributed by atoms with van der Waals surface area (Å²) < 4.78 is 72.0. The Labute approximate surface area is 511 Å². The van der Waals surface area contributed by atoms with Gasteiger partial charge in [-0.05, 0) is 92.3 Å². The van der Waals surface area contributed by atoms with Crippen LogP contribution in [0.4, 0.5) is 0 Å². The maximum atomic E-state index is 14.5. The van der Waals surface area contributed by atoms with Gasteiger partial charge in [0.05, 0.1) is 45.2 Å². The smallest absolute Gasteiger partial charge is 0.316 e. The van der Waals surface area contributed by atoms with E-state index >= 15 is 0 Å². The van der Waals surface area contributed by atoms with Gasteiger partial charge in [0.1, 0.15) is 127 Å². The van der Waals surface area contributed by atoms with Crippen molar-refractivity contribution in [2.45, 2.75) is 271 Å². The molecule has 0 bridgehead atoms. The first-order valence-corrected chi connectivity index (χ1v) is 31.4. The van der Waals surface area contributed by atoms with Gasteiger partial charge in [0.15, 0.2) is 31.5 Å². The van der Waals surface area contributed by atoms with Crippen molar-refractivity contribution in [3.05, 3.63) is 11.6 Å². The molecule has 0 unspecified atom stereocenters. The van der Waals surface area contributed by atoms with Gasteiger partial charge in [0.25, 0.3) is 0 Å². The molecule has 0 aromatic rings. The number of fused-ring (bicyclic) bond motifs is 4. The fraction of sp³-hybridized carbons (Fsp3) is 0.950. The van der Waals surface area contributed by atoms with Crippen LogP contribution in [0.5, 0.6) is 0 Å². The predicted molar refractivity (Wildman–Crippen MR) is 296 cm³/mol. The van der Waals surface area contributed by atoms with Crippen LogP contribution in [-0.4, -0.2) is 288 Å². The maximum absolute atomic E-state index is 14.5. The number of carbonyl (C=O) groups is 1. The molecule has 10 rings (SSSR count). The van der Waals surface area contributed by atoms with Crippen LogP contribution in [0.1, 0.15) is 106 Å². The molecule has 28 heteroatoms. The Morgan fingerprint density at radius 2 is 1.09 bits per heavy atom. The summed E-state index contributed by atoms with van der Waals surface area (Å²) in [4.78, 5) is 14.5. The molecule has 4 aliphatic carbocycles. The Morgan fingerprint density at radius 3 is 1.70 bits per heavy atom. The molecule has 88 heavy (non-hydrogen) atoms. The third-order valence-corrected chi connectivity index (χ3v) is 22.6. The van der Waals surface area contributed by atoms with Crippen LogP contribution < -0.4 is 0 Å². The molecule has 6 heterocycles. The van der Waals surface area contributed by atoms with Crippen molar-refractivity contribution in [3.8, 4) is 0 Å². The first kappa shape index (κ1) is 69.0. The van der Waals surface area contributed by atoms with E-state index in [9.17, 15) is 81.4 Å². The van der Waals surface area contributed by atoms with Gasteiger partial charge < -0.3 is 133 Å². The molecule has 33 atom stereocenters. The van der Waals surface area contributed by atoms with Gasteiger partial charge in [-0.25, -0.2) is 0 Å². The van der Waals surface area contributed by atoms with Crippen molar-refractivity contribution in [1.29, 1.82) is 0 Å². The molecule has 1 spiro atoms. The lowest BCUT2D eigenvalue weighted by Gasteiger charge is -2.64. The zero-order chi connectivity index (χ0) is 64.1. The highest BCUT2D eigenvalue weighted by Gasteiger charge is 2.79. The second-order valence-corrected chi connectivity index (χ2v) is 28.2. The number of ether oxygens (including phenoxy) is 12. The fourth-order valence-electron chi connectivity index (χ4n) is 17.7. The molecular weight excluding hydrogens is 1170 g/mol. The largest absolute Gasteiger partial charge is 0.459 e. The van der Waals surface area contributed by atoms with Crippen LogP contribution in [0.3, 0.4) is 0 Å². The number of rotatable bonds is 19. The highest BCUT2D eigenvalue weighted by molar-refractivity contribution is 5.84. The molecule has 10 aliphatic rings. The number of aliphatic hydroxyl groups is 15. The minimum Gasteiger partial charge on any atom is -0.459 e. The standard InChI is InChI=1S/C60H98O28/c1-24(2)10-9-15-59(7)33-13-17-58(6)25-11-12-32-56(3,4)35(14-16-57(32,5)26(25)18-34(65)60(33,58)55(76)88-59)84-54-49(39(69)31(23-78-54)83-50-42(72)40(70)36(66)27(19-61)79-50)87-51-43(73)41(71)46(30(22-64)82-51)85-53-45(75)48(38(68)29(21-63)81-53)86-52-44(74)47(77-8)37(67)28(20-62)80-52/h18,24-25,27-54,61-75H,9-17,19-23H2,1-8H3/t25-,27-,28-,29-,30-,31-,32+,33-,34+,35+,36-,37-,38-,39+,40+,41-,42-,43-,44-,45-,46-,47+,48+,49-,50+,51+,52+,53+,54+,57-,58+,59+,60+/m1/s1. The van der Waals surface area contributed by atoms with Crippen molar-refractivity contribution in [2.75, 3.05) is 40.1 Å². The molecular formula is C60H98O28.